The van der Waals surface area contributed by atoms with Gasteiger partial charge in [0.25, 0.3) is 0 Å². The molecule has 0 unspecified atom stereocenters. The topological polar surface area (TPSA) is 121 Å². The molecule has 0 saturated heterocycles. The van der Waals surface area contributed by atoms with Gasteiger partial charge in [-0.15, -0.1) is 5.10 Å². The van der Waals surface area contributed by atoms with E-state index >= 15 is 0 Å². The molecule has 1 heterocycles. The summed E-state index contributed by atoms with van der Waals surface area (Å²) in [6.07, 6.45) is 3.20. The molecule has 8 nitrogen and oxygen atoms in total. The van der Waals surface area contributed by atoms with Crippen LogP contribution in [0.15, 0.2) is 52.5 Å². The Morgan fingerprint density at radius 2 is 2.03 bits per heavy atom. The number of rotatable bonds is 11. The van der Waals surface area contributed by atoms with Crippen LogP contribution in [0.3, 0.4) is 0 Å². The molecule has 9 heteroatoms. The van der Waals surface area contributed by atoms with Crippen molar-refractivity contribution in [2.45, 2.75) is 38.5 Å². The molecule has 0 bridgehead atoms. The maximum atomic E-state index is 11.8. The normalized spacial score (nSPS) is 11.1. The number of H-pyrrole nitrogens is 1. The maximum absolute atomic E-state index is 11.8. The Balaban J connectivity index is 1.81. The lowest BCUT2D eigenvalue weighted by Gasteiger charge is -2.13. The lowest BCUT2D eigenvalue weighted by atomic mass is 10.1. The zero-order valence-electron chi connectivity index (χ0n) is 18.4. The highest BCUT2D eigenvalue weighted by Crippen LogP contribution is 2.32. The number of carboxylic acid groups (broad SMARTS) is 1. The quantitative estimate of drug-likeness (QED) is 0.306. The second-order valence-corrected chi connectivity index (χ2v) is 7.94. The van der Waals surface area contributed by atoms with Crippen molar-refractivity contribution in [3.05, 3.63) is 69.9 Å². The molecule has 0 radical (unpaired) electrons. The largest absolute Gasteiger partial charge is 0.490 e. The van der Waals surface area contributed by atoms with Crippen molar-refractivity contribution in [1.29, 1.82) is 5.26 Å². The van der Waals surface area contributed by atoms with Gasteiger partial charge < -0.3 is 14.6 Å². The number of nitrogens with one attached hydrogen (secondary N) is 1. The Kier molecular flexibility index (Phi) is 8.49. The predicted octanol–water partition coefficient (Wildman–Crippen LogP) is 4.82. The first-order valence-electron chi connectivity index (χ1n) is 10.5. The standard InChI is InChI=1S/C24H24N4O4S/c1-3-7-22-26-24(28-27-22)33-21(23(29)30)13-16-10-11-19(20(12-16)31-4-2)32-15-18-9-6-5-8-17(18)14-25/h5-6,8-13H,3-4,7,15H2,1-2H3,(H,29,30)(H,26,27,28)/b21-13-. The minimum Gasteiger partial charge on any atom is -0.490 e. The van der Waals surface area contributed by atoms with E-state index in [0.29, 0.717) is 34.4 Å². The molecule has 0 saturated carbocycles. The minimum atomic E-state index is -1.08. The van der Waals surface area contributed by atoms with Crippen LogP contribution in [0.2, 0.25) is 0 Å². The highest BCUT2D eigenvalue weighted by Gasteiger charge is 2.15. The minimum absolute atomic E-state index is 0.0797. The van der Waals surface area contributed by atoms with E-state index in [9.17, 15) is 15.2 Å². The van der Waals surface area contributed by atoms with Crippen molar-refractivity contribution < 1.29 is 19.4 Å². The fourth-order valence-corrected chi connectivity index (χ4v) is 3.70. The van der Waals surface area contributed by atoms with Crippen LogP contribution in [0.25, 0.3) is 6.08 Å². The molecular formula is C24H24N4O4S. The third-order valence-corrected chi connectivity index (χ3v) is 5.37. The molecule has 0 atom stereocenters. The Morgan fingerprint density at radius 3 is 2.76 bits per heavy atom. The first-order chi connectivity index (χ1) is 16.0. The van der Waals surface area contributed by atoms with Crippen LogP contribution in [0.4, 0.5) is 0 Å². The third kappa shape index (κ3) is 6.60. The average molecular weight is 465 g/mol. The summed E-state index contributed by atoms with van der Waals surface area (Å²) in [5, 5.41) is 26.2. The van der Waals surface area contributed by atoms with Crippen LogP contribution < -0.4 is 9.47 Å². The molecule has 0 amide bonds. The van der Waals surface area contributed by atoms with Gasteiger partial charge in [0.05, 0.1) is 18.2 Å². The fraction of sp³-hybridized carbons (Fsp3) is 0.250. The van der Waals surface area contributed by atoms with Crippen molar-refractivity contribution in [3.63, 3.8) is 0 Å². The SMILES string of the molecule is CCCc1nc(S/C(=C\c2ccc(OCc3ccccc3C#N)c(OCC)c2)C(=O)O)n[nH]1. The number of benzene rings is 2. The molecule has 1 aromatic heterocycles. The summed E-state index contributed by atoms with van der Waals surface area (Å²) < 4.78 is 11.6. The van der Waals surface area contributed by atoms with Gasteiger partial charge in [-0.1, -0.05) is 31.2 Å². The number of thioether (sulfide) groups is 1. The maximum Gasteiger partial charge on any atom is 0.342 e. The van der Waals surface area contributed by atoms with Gasteiger partial charge >= 0.3 is 5.97 Å². The molecule has 2 aromatic carbocycles. The number of nitrogens with zero attached hydrogens (tertiary/aromatic N) is 3. The lowest BCUT2D eigenvalue weighted by Crippen LogP contribution is -2.02. The second-order valence-electron chi connectivity index (χ2n) is 6.93. The molecule has 0 spiro atoms. The molecule has 0 aliphatic heterocycles. The van der Waals surface area contributed by atoms with Crippen molar-refractivity contribution in [3.8, 4) is 17.6 Å². The lowest BCUT2D eigenvalue weighted by molar-refractivity contribution is -0.131. The average Bonchev–Trinajstić information content (AvgIpc) is 3.25. The van der Waals surface area contributed by atoms with Gasteiger partial charge in [-0.25, -0.2) is 9.78 Å². The van der Waals surface area contributed by atoms with Gasteiger partial charge in [0.15, 0.2) is 11.5 Å². The van der Waals surface area contributed by atoms with E-state index in [2.05, 4.69) is 21.3 Å². The molecule has 170 valence electrons. The first kappa shape index (κ1) is 23.9. The molecule has 33 heavy (non-hydrogen) atoms. The van der Waals surface area contributed by atoms with Gasteiger partial charge in [-0.2, -0.15) is 5.26 Å². The van der Waals surface area contributed by atoms with Crippen molar-refractivity contribution in [2.24, 2.45) is 0 Å². The monoisotopic (exact) mass is 464 g/mol. The summed E-state index contributed by atoms with van der Waals surface area (Å²) >= 11 is 0.979. The summed E-state index contributed by atoms with van der Waals surface area (Å²) in [7, 11) is 0. The Labute approximate surface area is 196 Å². The van der Waals surface area contributed by atoms with E-state index in [0.717, 1.165) is 36.0 Å². The molecule has 3 rings (SSSR count). The van der Waals surface area contributed by atoms with Gasteiger partial charge in [-0.3, -0.25) is 5.10 Å². The van der Waals surface area contributed by atoms with Gasteiger partial charge in [0.1, 0.15) is 17.3 Å². The number of nitriles is 1. The summed E-state index contributed by atoms with van der Waals surface area (Å²) in [6.45, 7) is 4.51. The summed E-state index contributed by atoms with van der Waals surface area (Å²) in [4.78, 5) is 16.2. The Morgan fingerprint density at radius 1 is 1.21 bits per heavy atom. The number of ether oxygens (including phenoxy) is 2. The zero-order valence-corrected chi connectivity index (χ0v) is 19.2. The zero-order chi connectivity index (χ0) is 23.6. The Hall–Kier alpha value is -3.77. The number of hydrogen-bond acceptors (Lipinski definition) is 7. The number of aryl methyl sites for hydroxylation is 1. The van der Waals surface area contributed by atoms with Crippen LogP contribution in [0.5, 0.6) is 11.5 Å². The van der Waals surface area contributed by atoms with Crippen LogP contribution in [0.1, 0.15) is 42.8 Å². The number of aromatic amines is 1. The molecule has 0 aliphatic carbocycles. The van der Waals surface area contributed by atoms with Crippen molar-refractivity contribution in [2.75, 3.05) is 6.61 Å². The van der Waals surface area contributed by atoms with E-state index < -0.39 is 5.97 Å². The summed E-state index contributed by atoms with van der Waals surface area (Å²) in [6, 6.07) is 14.6. The summed E-state index contributed by atoms with van der Waals surface area (Å²) in [5.74, 6) is 0.638. The number of hydrogen-bond donors (Lipinski definition) is 2. The fourth-order valence-electron chi connectivity index (χ4n) is 2.97. The van der Waals surface area contributed by atoms with Crippen molar-refractivity contribution >= 4 is 23.8 Å². The molecule has 0 aliphatic rings. The van der Waals surface area contributed by atoms with E-state index in [1.807, 2.05) is 26.0 Å². The number of aromatic nitrogens is 3. The highest BCUT2D eigenvalue weighted by atomic mass is 32.2. The van der Waals surface area contributed by atoms with Gasteiger partial charge in [0, 0.05) is 12.0 Å². The van der Waals surface area contributed by atoms with E-state index in [4.69, 9.17) is 9.47 Å². The highest BCUT2D eigenvalue weighted by molar-refractivity contribution is 8.04. The van der Waals surface area contributed by atoms with E-state index in [1.165, 1.54) is 0 Å². The van der Waals surface area contributed by atoms with Crippen LogP contribution in [-0.4, -0.2) is 32.9 Å². The molecule has 3 aromatic rings. The van der Waals surface area contributed by atoms with Gasteiger partial charge in [0.2, 0.25) is 5.16 Å². The van der Waals surface area contributed by atoms with E-state index in [-0.39, 0.29) is 11.5 Å². The predicted molar refractivity (Wildman–Crippen MR) is 125 cm³/mol. The smallest absolute Gasteiger partial charge is 0.342 e. The van der Waals surface area contributed by atoms with Gasteiger partial charge in [-0.05, 0) is 54.9 Å². The third-order valence-electron chi connectivity index (χ3n) is 4.50. The number of carbonyl (C=O) groups is 1. The van der Waals surface area contributed by atoms with Crippen LogP contribution >= 0.6 is 11.8 Å². The van der Waals surface area contributed by atoms with E-state index in [1.54, 1.807) is 36.4 Å². The van der Waals surface area contributed by atoms with Crippen LogP contribution in [-0.2, 0) is 17.8 Å². The second kappa shape index (κ2) is 11.7. The Bertz CT molecular complexity index is 1180. The molecule has 0 fully saturated rings. The number of carboxylic acids is 1. The van der Waals surface area contributed by atoms with Crippen molar-refractivity contribution in [1.82, 2.24) is 15.2 Å². The molecular weight excluding hydrogens is 440 g/mol. The molecule has 2 N–H and O–H groups in total. The summed E-state index contributed by atoms with van der Waals surface area (Å²) in [5.41, 5.74) is 1.95. The van der Waals surface area contributed by atoms with Crippen LogP contribution in [0, 0.1) is 11.3 Å². The number of aliphatic carboxylic acids is 1. The first-order valence-corrected chi connectivity index (χ1v) is 11.3.